The zero-order valence-corrected chi connectivity index (χ0v) is 11.5. The number of carbonyl (C=O) groups excluding carboxylic acids is 1. The Morgan fingerprint density at radius 3 is 2.74 bits per heavy atom. The molecule has 1 fully saturated rings. The Labute approximate surface area is 113 Å². The molecule has 1 heterocycles. The number of methoxy groups -OCH3 is 1. The monoisotopic (exact) mass is 263 g/mol. The first kappa shape index (κ1) is 13.7. The lowest BCUT2D eigenvalue weighted by Gasteiger charge is -2.30. The molecule has 1 saturated heterocycles. The SMILES string of the molecule is COC(=O)Cc1cc(N2CCNCC2)cc(N)c1C. The van der Waals surface area contributed by atoms with Crippen LogP contribution in [-0.4, -0.2) is 39.3 Å². The lowest BCUT2D eigenvalue weighted by Crippen LogP contribution is -2.43. The summed E-state index contributed by atoms with van der Waals surface area (Å²) in [7, 11) is 1.40. The van der Waals surface area contributed by atoms with E-state index in [1.54, 1.807) is 0 Å². The van der Waals surface area contributed by atoms with Gasteiger partial charge in [0.05, 0.1) is 13.5 Å². The first-order chi connectivity index (χ1) is 9.11. The standard InChI is InChI=1S/C14H21N3O2/c1-10-11(8-14(18)19-2)7-12(9-13(10)15)17-5-3-16-4-6-17/h7,9,16H,3-6,8,15H2,1-2H3. The molecule has 104 valence electrons. The summed E-state index contributed by atoms with van der Waals surface area (Å²) in [6.45, 7) is 5.80. The van der Waals surface area contributed by atoms with Crippen LogP contribution in [0.1, 0.15) is 11.1 Å². The minimum Gasteiger partial charge on any atom is -0.469 e. The molecule has 0 unspecified atom stereocenters. The van der Waals surface area contributed by atoms with Crippen molar-refractivity contribution in [3.63, 3.8) is 0 Å². The molecule has 1 aliphatic heterocycles. The maximum Gasteiger partial charge on any atom is 0.309 e. The number of ether oxygens (including phenoxy) is 1. The average Bonchev–Trinajstić information content (AvgIpc) is 2.44. The minimum absolute atomic E-state index is 0.236. The van der Waals surface area contributed by atoms with Crippen LogP contribution >= 0.6 is 0 Å². The molecule has 0 spiro atoms. The molecular formula is C14H21N3O2. The Bertz CT molecular complexity index is 468. The summed E-state index contributed by atoms with van der Waals surface area (Å²) in [6.07, 6.45) is 0.270. The lowest BCUT2D eigenvalue weighted by molar-refractivity contribution is -0.139. The number of nitrogens with two attached hydrogens (primary N) is 1. The number of piperazine rings is 1. The third kappa shape index (κ3) is 3.17. The quantitative estimate of drug-likeness (QED) is 0.621. The van der Waals surface area contributed by atoms with Gasteiger partial charge < -0.3 is 20.7 Å². The molecule has 1 aliphatic rings. The Balaban J connectivity index is 2.27. The molecule has 0 aromatic heterocycles. The van der Waals surface area contributed by atoms with Crippen molar-refractivity contribution < 1.29 is 9.53 Å². The van der Waals surface area contributed by atoms with Crippen molar-refractivity contribution in [2.24, 2.45) is 0 Å². The first-order valence-electron chi connectivity index (χ1n) is 6.53. The van der Waals surface area contributed by atoms with Crippen molar-refractivity contribution in [1.29, 1.82) is 0 Å². The van der Waals surface area contributed by atoms with Crippen LogP contribution in [0.5, 0.6) is 0 Å². The van der Waals surface area contributed by atoms with Gasteiger partial charge in [-0.1, -0.05) is 0 Å². The van der Waals surface area contributed by atoms with Gasteiger partial charge in [-0.3, -0.25) is 4.79 Å². The average molecular weight is 263 g/mol. The van der Waals surface area contributed by atoms with Gasteiger partial charge in [0.15, 0.2) is 0 Å². The Hall–Kier alpha value is -1.75. The molecule has 3 N–H and O–H groups in total. The second-order valence-electron chi connectivity index (χ2n) is 4.81. The number of nitrogen functional groups attached to an aromatic ring is 1. The van der Waals surface area contributed by atoms with Gasteiger partial charge in [-0.25, -0.2) is 0 Å². The highest BCUT2D eigenvalue weighted by Gasteiger charge is 2.15. The fourth-order valence-electron chi connectivity index (χ4n) is 2.30. The number of benzene rings is 1. The van der Waals surface area contributed by atoms with E-state index in [0.29, 0.717) is 0 Å². The summed E-state index contributed by atoms with van der Waals surface area (Å²) < 4.78 is 4.73. The van der Waals surface area contributed by atoms with E-state index in [1.807, 2.05) is 19.1 Å². The smallest absolute Gasteiger partial charge is 0.309 e. The van der Waals surface area contributed by atoms with Gasteiger partial charge in [-0.05, 0) is 30.2 Å². The third-order valence-electron chi connectivity index (χ3n) is 3.58. The fraction of sp³-hybridized carbons (Fsp3) is 0.500. The maximum absolute atomic E-state index is 11.4. The van der Waals surface area contributed by atoms with Crippen molar-refractivity contribution in [2.75, 3.05) is 43.9 Å². The van der Waals surface area contributed by atoms with E-state index in [2.05, 4.69) is 10.2 Å². The molecular weight excluding hydrogens is 242 g/mol. The van der Waals surface area contributed by atoms with Crippen LogP contribution in [0, 0.1) is 6.92 Å². The van der Waals surface area contributed by atoms with Gasteiger partial charge in [-0.2, -0.15) is 0 Å². The molecule has 0 saturated carbocycles. The maximum atomic E-state index is 11.4. The summed E-state index contributed by atoms with van der Waals surface area (Å²) in [6, 6.07) is 4.04. The van der Waals surface area contributed by atoms with Crippen molar-refractivity contribution in [3.05, 3.63) is 23.3 Å². The van der Waals surface area contributed by atoms with Gasteiger partial charge in [0.25, 0.3) is 0 Å². The zero-order chi connectivity index (χ0) is 13.8. The van der Waals surface area contributed by atoms with Crippen LogP contribution in [0.15, 0.2) is 12.1 Å². The molecule has 1 aromatic rings. The van der Waals surface area contributed by atoms with E-state index in [0.717, 1.165) is 48.7 Å². The molecule has 1 aromatic carbocycles. The Kier molecular flexibility index (Phi) is 4.27. The minimum atomic E-state index is -0.236. The van der Waals surface area contributed by atoms with Crippen LogP contribution in [0.3, 0.4) is 0 Å². The summed E-state index contributed by atoms with van der Waals surface area (Å²) in [5.41, 5.74) is 9.78. The van der Waals surface area contributed by atoms with Crippen molar-refractivity contribution in [1.82, 2.24) is 5.32 Å². The highest BCUT2D eigenvalue weighted by molar-refractivity contribution is 5.75. The number of carbonyl (C=O) groups is 1. The van der Waals surface area contributed by atoms with E-state index < -0.39 is 0 Å². The molecule has 0 aliphatic carbocycles. The van der Waals surface area contributed by atoms with Crippen molar-refractivity contribution in [3.8, 4) is 0 Å². The van der Waals surface area contributed by atoms with E-state index in [-0.39, 0.29) is 12.4 Å². The summed E-state index contributed by atoms with van der Waals surface area (Å²) in [5, 5.41) is 3.32. The van der Waals surface area contributed by atoms with E-state index in [9.17, 15) is 4.79 Å². The van der Waals surface area contributed by atoms with Gasteiger partial charge in [0, 0.05) is 37.6 Å². The highest BCUT2D eigenvalue weighted by Crippen LogP contribution is 2.26. The molecule has 0 atom stereocenters. The second-order valence-corrected chi connectivity index (χ2v) is 4.81. The van der Waals surface area contributed by atoms with Crippen LogP contribution < -0.4 is 16.0 Å². The second kappa shape index (κ2) is 5.93. The number of esters is 1. The number of anilines is 2. The van der Waals surface area contributed by atoms with E-state index in [4.69, 9.17) is 10.5 Å². The molecule has 0 radical (unpaired) electrons. The lowest BCUT2D eigenvalue weighted by atomic mass is 10.0. The molecule has 19 heavy (non-hydrogen) atoms. The number of hydrogen-bond acceptors (Lipinski definition) is 5. The third-order valence-corrected chi connectivity index (χ3v) is 3.58. The molecule has 0 bridgehead atoms. The number of hydrogen-bond donors (Lipinski definition) is 2. The van der Waals surface area contributed by atoms with Crippen molar-refractivity contribution in [2.45, 2.75) is 13.3 Å². The molecule has 5 heteroatoms. The normalized spacial score (nSPS) is 15.4. The zero-order valence-electron chi connectivity index (χ0n) is 11.5. The van der Waals surface area contributed by atoms with Gasteiger partial charge >= 0.3 is 5.97 Å². The van der Waals surface area contributed by atoms with E-state index >= 15 is 0 Å². The van der Waals surface area contributed by atoms with E-state index in [1.165, 1.54) is 7.11 Å². The summed E-state index contributed by atoms with van der Waals surface area (Å²) in [4.78, 5) is 13.7. The van der Waals surface area contributed by atoms with Crippen LogP contribution in [0.2, 0.25) is 0 Å². The predicted octanol–water partition coefficient (Wildman–Crippen LogP) is 0.702. The number of nitrogens with zero attached hydrogens (tertiary/aromatic N) is 1. The van der Waals surface area contributed by atoms with Crippen LogP contribution in [-0.2, 0) is 16.0 Å². The van der Waals surface area contributed by atoms with Crippen molar-refractivity contribution >= 4 is 17.3 Å². The molecule has 2 rings (SSSR count). The predicted molar refractivity (Wildman–Crippen MR) is 76.4 cm³/mol. The van der Waals surface area contributed by atoms with Gasteiger partial charge in [-0.15, -0.1) is 0 Å². The highest BCUT2D eigenvalue weighted by atomic mass is 16.5. The van der Waals surface area contributed by atoms with Crippen LogP contribution in [0.4, 0.5) is 11.4 Å². The summed E-state index contributed by atoms with van der Waals surface area (Å²) in [5.74, 6) is -0.236. The topological polar surface area (TPSA) is 67.6 Å². The summed E-state index contributed by atoms with van der Waals surface area (Å²) >= 11 is 0. The largest absolute Gasteiger partial charge is 0.469 e. The fourth-order valence-corrected chi connectivity index (χ4v) is 2.30. The first-order valence-corrected chi connectivity index (χ1v) is 6.53. The number of rotatable bonds is 3. The Morgan fingerprint density at radius 1 is 1.42 bits per heavy atom. The van der Waals surface area contributed by atoms with Crippen LogP contribution in [0.25, 0.3) is 0 Å². The molecule has 5 nitrogen and oxygen atoms in total. The molecule has 0 amide bonds. The number of nitrogens with one attached hydrogen (secondary N) is 1. The van der Waals surface area contributed by atoms with Gasteiger partial charge in [0.2, 0.25) is 0 Å². The Morgan fingerprint density at radius 2 is 2.11 bits per heavy atom. The van der Waals surface area contributed by atoms with Gasteiger partial charge in [0.1, 0.15) is 0 Å².